The Bertz CT molecular complexity index is 567. The monoisotopic (exact) mass is 409 g/mol. The molecule has 1 spiro atoms. The van der Waals surface area contributed by atoms with Gasteiger partial charge in [-0.2, -0.15) is 0 Å². The van der Waals surface area contributed by atoms with E-state index in [4.69, 9.17) is 20.3 Å². The van der Waals surface area contributed by atoms with E-state index >= 15 is 0 Å². The molecule has 0 radical (unpaired) electrons. The van der Waals surface area contributed by atoms with Gasteiger partial charge in [0.1, 0.15) is 18.0 Å². The van der Waals surface area contributed by atoms with Gasteiger partial charge in [0.2, 0.25) is 0 Å². The highest BCUT2D eigenvalue weighted by atomic mass is 16.5. The molecule has 1 fully saturated rings. The van der Waals surface area contributed by atoms with Crippen molar-refractivity contribution in [2.24, 2.45) is 11.1 Å². The van der Waals surface area contributed by atoms with Crippen molar-refractivity contribution in [3.63, 3.8) is 0 Å². The van der Waals surface area contributed by atoms with Crippen molar-refractivity contribution in [1.29, 1.82) is 0 Å². The number of nitrogens with two attached hydrogens (primary N) is 1. The van der Waals surface area contributed by atoms with E-state index in [1.165, 1.54) is 24.0 Å². The summed E-state index contributed by atoms with van der Waals surface area (Å²) in [5.41, 5.74) is 7.83. The highest BCUT2D eigenvalue weighted by Crippen LogP contribution is 2.57. The number of hydrogen-bond acceptors (Lipinski definition) is 5. The molecule has 0 bridgehead atoms. The molecule has 0 aromatic heterocycles. The van der Waals surface area contributed by atoms with Crippen LogP contribution in [-0.2, 0) is 9.47 Å². The summed E-state index contributed by atoms with van der Waals surface area (Å²) in [5.74, 6) is 1.05. The Balaban J connectivity index is 0.000000405. The Kier molecular flexibility index (Phi) is 11.8. The number of aliphatic hydroxyl groups excluding tert-OH is 2. The number of hydrogen-bond donors (Lipinski definition) is 3. The summed E-state index contributed by atoms with van der Waals surface area (Å²) >= 11 is 0. The number of aliphatic hydroxyl groups is 2. The normalized spacial score (nSPS) is 31.2. The van der Waals surface area contributed by atoms with E-state index in [1.807, 2.05) is 33.8 Å². The van der Waals surface area contributed by atoms with E-state index in [0.29, 0.717) is 13.0 Å². The van der Waals surface area contributed by atoms with Crippen LogP contribution in [0.25, 0.3) is 0 Å². The van der Waals surface area contributed by atoms with Gasteiger partial charge in [0.05, 0.1) is 11.5 Å². The first-order valence-corrected chi connectivity index (χ1v) is 11.5. The van der Waals surface area contributed by atoms with Crippen molar-refractivity contribution >= 4 is 0 Å². The molecule has 1 aliphatic heterocycles. The molecule has 5 nitrogen and oxygen atoms in total. The number of ether oxygens (including phenoxy) is 2. The topological polar surface area (TPSA) is 84.9 Å². The van der Waals surface area contributed by atoms with Gasteiger partial charge in [0, 0.05) is 25.7 Å². The summed E-state index contributed by atoms with van der Waals surface area (Å²) in [6, 6.07) is 0. The van der Waals surface area contributed by atoms with Crippen LogP contribution < -0.4 is 5.73 Å². The molecule has 1 heterocycles. The van der Waals surface area contributed by atoms with Crippen LogP contribution in [0.2, 0.25) is 0 Å². The molecule has 1 saturated carbocycles. The largest absolute Gasteiger partial charge is 0.490 e. The summed E-state index contributed by atoms with van der Waals surface area (Å²) in [6.07, 6.45) is 13.4. The third-order valence-electron chi connectivity index (χ3n) is 5.75. The standard InChI is InChI=1S/C17H22O3.C3H9NO.2C2H6/c1-19-13-6-5-11-4-2-3-8-17-9-7-12(18)10-14(17)20-16(13)15(11)17;4-2-1-3-5;2*1-2/h5,7,9,12-14,18H,2-4,6,8,10H2,1H3;5H,1-4H2;2*1-2H3/t12?,13?,14-,17+;;;/m1.../s1. The van der Waals surface area contributed by atoms with Crippen LogP contribution in [0, 0.1) is 5.41 Å². The van der Waals surface area contributed by atoms with Gasteiger partial charge >= 0.3 is 0 Å². The van der Waals surface area contributed by atoms with E-state index in [9.17, 15) is 5.11 Å². The molecular weight excluding hydrogens is 366 g/mol. The summed E-state index contributed by atoms with van der Waals surface area (Å²) in [6.45, 7) is 8.81. The first kappa shape index (κ1) is 25.9. The van der Waals surface area contributed by atoms with Gasteiger partial charge in [0.25, 0.3) is 0 Å². The molecule has 4 rings (SSSR count). The fourth-order valence-electron chi connectivity index (χ4n) is 4.51. The minimum absolute atomic E-state index is 0.00586. The minimum atomic E-state index is -0.372. The second kappa shape index (κ2) is 13.2. The lowest BCUT2D eigenvalue weighted by Gasteiger charge is -2.37. The first-order chi connectivity index (χ1) is 14.2. The van der Waals surface area contributed by atoms with Crippen molar-refractivity contribution in [2.45, 2.75) is 91.0 Å². The van der Waals surface area contributed by atoms with Gasteiger partial charge in [-0.05, 0) is 44.2 Å². The summed E-state index contributed by atoms with van der Waals surface area (Å²) in [5, 5.41) is 17.9. The molecule has 29 heavy (non-hydrogen) atoms. The lowest BCUT2D eigenvalue weighted by molar-refractivity contribution is -0.00241. The molecule has 0 amide bonds. The van der Waals surface area contributed by atoms with E-state index in [1.54, 1.807) is 7.11 Å². The quantitative estimate of drug-likeness (QED) is 0.607. The maximum Gasteiger partial charge on any atom is 0.130 e. The van der Waals surface area contributed by atoms with Crippen LogP contribution in [0.1, 0.15) is 72.6 Å². The van der Waals surface area contributed by atoms with Crippen LogP contribution >= 0.6 is 0 Å². The van der Waals surface area contributed by atoms with Gasteiger partial charge < -0.3 is 25.4 Å². The summed E-state index contributed by atoms with van der Waals surface area (Å²) in [7, 11) is 1.76. The van der Waals surface area contributed by atoms with Crippen LogP contribution in [0.3, 0.4) is 0 Å². The van der Waals surface area contributed by atoms with Crippen LogP contribution in [0.4, 0.5) is 0 Å². The molecule has 4 atom stereocenters. The fourth-order valence-corrected chi connectivity index (χ4v) is 4.51. The van der Waals surface area contributed by atoms with E-state index < -0.39 is 0 Å². The second-order valence-electron chi connectivity index (χ2n) is 7.31. The Morgan fingerprint density at radius 3 is 2.55 bits per heavy atom. The molecule has 0 aromatic carbocycles. The van der Waals surface area contributed by atoms with E-state index in [0.717, 1.165) is 31.4 Å². The highest BCUT2D eigenvalue weighted by molar-refractivity contribution is 5.51. The molecule has 5 heteroatoms. The van der Waals surface area contributed by atoms with Crippen LogP contribution in [-0.4, -0.2) is 48.8 Å². The third kappa shape index (κ3) is 5.72. The Morgan fingerprint density at radius 1 is 1.24 bits per heavy atom. The maximum atomic E-state index is 9.95. The average molecular weight is 410 g/mol. The predicted octanol–water partition coefficient (Wildman–Crippen LogP) is 4.25. The average Bonchev–Trinajstić information content (AvgIpc) is 2.97. The van der Waals surface area contributed by atoms with Gasteiger partial charge in [-0.25, -0.2) is 0 Å². The molecule has 168 valence electrons. The van der Waals surface area contributed by atoms with Gasteiger partial charge in [-0.1, -0.05) is 52.3 Å². The second-order valence-corrected chi connectivity index (χ2v) is 7.31. The van der Waals surface area contributed by atoms with Gasteiger partial charge in [-0.15, -0.1) is 0 Å². The minimum Gasteiger partial charge on any atom is -0.490 e. The Morgan fingerprint density at radius 2 is 1.97 bits per heavy atom. The lowest BCUT2D eigenvalue weighted by Crippen LogP contribution is -2.38. The lowest BCUT2D eigenvalue weighted by atomic mass is 9.67. The maximum absolute atomic E-state index is 9.95. The molecule has 0 aromatic rings. The van der Waals surface area contributed by atoms with Gasteiger partial charge in [0.15, 0.2) is 0 Å². The van der Waals surface area contributed by atoms with Crippen LogP contribution in [0.5, 0.6) is 0 Å². The first-order valence-electron chi connectivity index (χ1n) is 11.5. The summed E-state index contributed by atoms with van der Waals surface area (Å²) < 4.78 is 11.9. The SMILES string of the molecule is CC.CC.COC1CC=C2CCCC[C@]34C=CC(O)C[C@H]3OC1=C24.NCCCO. The molecule has 0 saturated heterocycles. The van der Waals surface area contributed by atoms with Crippen LogP contribution in [0.15, 0.2) is 35.1 Å². The fraction of sp³-hybridized carbons (Fsp3) is 0.750. The van der Waals surface area contributed by atoms with Gasteiger partial charge in [-0.3, -0.25) is 0 Å². The number of allylic oxidation sites excluding steroid dienone is 1. The van der Waals surface area contributed by atoms with Crippen molar-refractivity contribution in [3.05, 3.63) is 35.1 Å². The predicted molar refractivity (Wildman–Crippen MR) is 120 cm³/mol. The molecule has 2 unspecified atom stereocenters. The Labute approximate surface area is 177 Å². The van der Waals surface area contributed by atoms with Crippen molar-refractivity contribution < 1.29 is 19.7 Å². The van der Waals surface area contributed by atoms with E-state index in [-0.39, 0.29) is 30.3 Å². The molecule has 3 aliphatic carbocycles. The van der Waals surface area contributed by atoms with Crippen molar-refractivity contribution in [3.8, 4) is 0 Å². The number of methoxy groups -OCH3 is 1. The highest BCUT2D eigenvalue weighted by Gasteiger charge is 2.54. The van der Waals surface area contributed by atoms with Crippen molar-refractivity contribution in [1.82, 2.24) is 0 Å². The third-order valence-corrected chi connectivity index (χ3v) is 5.75. The smallest absolute Gasteiger partial charge is 0.130 e. The molecular formula is C24H43NO4. The molecule has 4 aliphatic rings. The number of rotatable bonds is 3. The molecule has 4 N–H and O–H groups in total. The zero-order valence-corrected chi connectivity index (χ0v) is 19.1. The zero-order chi connectivity index (χ0) is 21.9. The van der Waals surface area contributed by atoms with E-state index in [2.05, 4.69) is 12.2 Å². The zero-order valence-electron chi connectivity index (χ0n) is 19.1. The van der Waals surface area contributed by atoms with Crippen molar-refractivity contribution in [2.75, 3.05) is 20.3 Å². The summed E-state index contributed by atoms with van der Waals surface area (Å²) in [4.78, 5) is 0. The Hall–Kier alpha value is -1.14.